The van der Waals surface area contributed by atoms with Crippen LogP contribution in [0.4, 0.5) is 5.82 Å². The number of ether oxygens (including phenoxy) is 5. The van der Waals surface area contributed by atoms with Crippen molar-refractivity contribution in [3.8, 4) is 0 Å². The van der Waals surface area contributed by atoms with Gasteiger partial charge in [0.1, 0.15) is 50.2 Å². The number of fused-ring (bicyclic) bond motifs is 1. The maximum absolute atomic E-state index is 12.3. The number of anilines is 1. The van der Waals surface area contributed by atoms with Crippen LogP contribution in [0, 0.1) is 40.5 Å². The largest absolute Gasteiger partial charge is 0.463 e. The van der Waals surface area contributed by atoms with Crippen molar-refractivity contribution in [1.82, 2.24) is 19.9 Å². The number of H-pyrrole nitrogens is 1. The van der Waals surface area contributed by atoms with Crippen molar-refractivity contribution in [1.29, 1.82) is 0 Å². The molecule has 1 saturated heterocycles. The standard InChI is InChI=1S/C18H24N4O18.C5H5N5/c23-11(1-5-19(28)29)36-9-10-15(38-12(24)2-6-20(30)31)16(39-13(25)3-7-21(32)33)17(18(27)37-10)40-14(26)4-8-22(34)35;6-4-3-5(9-1-7-3)10-2-8-4/h10,15-18,27H,1-9H2;1-2H,(H3,6,7,8,9,10). The Kier molecular flexibility index (Phi) is 15.6. The Labute approximate surface area is 277 Å². The van der Waals surface area contributed by atoms with E-state index < -0.39 is 133 Å². The summed E-state index contributed by atoms with van der Waals surface area (Å²) in [5.41, 5.74) is 6.78. The third-order valence-corrected chi connectivity index (χ3v) is 6.07. The Balaban J connectivity index is 0.000000727. The molecule has 5 unspecified atom stereocenters. The first kappa shape index (κ1) is 39.9. The predicted molar refractivity (Wildman–Crippen MR) is 153 cm³/mol. The van der Waals surface area contributed by atoms with E-state index in [-0.39, 0.29) is 0 Å². The molecule has 50 heavy (non-hydrogen) atoms. The molecule has 3 heterocycles. The number of aliphatic hydroxyl groups excluding tert-OH is 1. The zero-order chi connectivity index (χ0) is 37.4. The molecule has 3 rings (SSSR count). The van der Waals surface area contributed by atoms with Crippen molar-refractivity contribution in [3.05, 3.63) is 53.1 Å². The highest BCUT2D eigenvalue weighted by Crippen LogP contribution is 2.29. The van der Waals surface area contributed by atoms with Gasteiger partial charge in [-0.3, -0.25) is 59.6 Å². The molecule has 0 amide bonds. The van der Waals surface area contributed by atoms with E-state index in [1.54, 1.807) is 0 Å². The lowest BCUT2D eigenvalue weighted by molar-refractivity contribution is -0.479. The number of imidazole rings is 1. The van der Waals surface area contributed by atoms with Gasteiger partial charge < -0.3 is 39.5 Å². The molecule has 1 fully saturated rings. The van der Waals surface area contributed by atoms with Gasteiger partial charge in [-0.1, -0.05) is 0 Å². The average Bonchev–Trinajstić information content (AvgIpc) is 3.53. The van der Waals surface area contributed by atoms with Crippen molar-refractivity contribution in [2.75, 3.05) is 38.5 Å². The third kappa shape index (κ3) is 13.9. The molecule has 0 spiro atoms. The van der Waals surface area contributed by atoms with Crippen LogP contribution in [-0.4, -0.2) is 132 Å². The second kappa shape index (κ2) is 19.5. The van der Waals surface area contributed by atoms with E-state index in [2.05, 4.69) is 19.9 Å². The number of carbonyl (C=O) groups excluding carboxylic acids is 4. The number of aliphatic hydroxyl groups is 1. The summed E-state index contributed by atoms with van der Waals surface area (Å²) >= 11 is 0. The number of hydrogen-bond donors (Lipinski definition) is 3. The van der Waals surface area contributed by atoms with Crippen LogP contribution in [0.15, 0.2) is 12.7 Å². The molecule has 27 nitrogen and oxygen atoms in total. The fourth-order valence-corrected chi connectivity index (χ4v) is 3.82. The molecular weight excluding hydrogens is 690 g/mol. The number of nitrogens with two attached hydrogens (primary N) is 1. The van der Waals surface area contributed by atoms with E-state index >= 15 is 0 Å². The Hall–Kier alpha value is -6.25. The van der Waals surface area contributed by atoms with Gasteiger partial charge in [0.15, 0.2) is 36.1 Å². The molecule has 27 heteroatoms. The number of esters is 4. The highest BCUT2D eigenvalue weighted by molar-refractivity contribution is 5.80. The molecule has 274 valence electrons. The number of nitro groups is 4. The van der Waals surface area contributed by atoms with E-state index in [0.29, 0.717) is 17.0 Å². The highest BCUT2D eigenvalue weighted by Gasteiger charge is 2.52. The summed E-state index contributed by atoms with van der Waals surface area (Å²) in [7, 11) is 0. The second-order valence-electron chi connectivity index (χ2n) is 9.70. The van der Waals surface area contributed by atoms with Crippen LogP contribution in [0.5, 0.6) is 0 Å². The Morgan fingerprint density at radius 1 is 0.740 bits per heavy atom. The fraction of sp³-hybridized carbons (Fsp3) is 0.609. The van der Waals surface area contributed by atoms with E-state index in [4.69, 9.17) is 29.4 Å². The monoisotopic (exact) mass is 719 g/mol. The van der Waals surface area contributed by atoms with Crippen molar-refractivity contribution in [2.45, 2.75) is 56.4 Å². The minimum atomic E-state index is -2.22. The van der Waals surface area contributed by atoms with Crippen LogP contribution in [0.25, 0.3) is 11.2 Å². The van der Waals surface area contributed by atoms with Crippen LogP contribution in [0.1, 0.15) is 25.7 Å². The zero-order valence-corrected chi connectivity index (χ0v) is 25.5. The number of nitrogens with one attached hydrogen (secondary N) is 1. The second-order valence-corrected chi connectivity index (χ2v) is 9.70. The maximum atomic E-state index is 12.3. The Bertz CT molecular complexity index is 1550. The lowest BCUT2D eigenvalue weighted by atomic mass is 9.98. The third-order valence-electron chi connectivity index (χ3n) is 6.07. The molecule has 1 aliphatic rings. The zero-order valence-electron chi connectivity index (χ0n) is 25.5. The van der Waals surface area contributed by atoms with E-state index in [9.17, 15) is 64.7 Å². The predicted octanol–water partition coefficient (Wildman–Crippen LogP) is -2.42. The first-order valence-electron chi connectivity index (χ1n) is 14.0. The molecule has 0 saturated carbocycles. The molecule has 0 aromatic carbocycles. The number of nitrogen functional groups attached to an aromatic ring is 1. The normalized spacial score (nSPS) is 19.6. The number of hydrogen-bond acceptors (Lipinski definition) is 22. The lowest BCUT2D eigenvalue weighted by Gasteiger charge is -2.42. The number of aromatic nitrogens is 4. The minimum absolute atomic E-state index is 0.433. The number of nitrogens with zero attached hydrogens (tertiary/aromatic N) is 7. The molecule has 0 aliphatic carbocycles. The van der Waals surface area contributed by atoms with Crippen LogP contribution < -0.4 is 5.73 Å². The molecule has 5 atom stereocenters. The topological polar surface area (TPSA) is 388 Å². The van der Waals surface area contributed by atoms with Crippen molar-refractivity contribution < 1.29 is 67.7 Å². The van der Waals surface area contributed by atoms with Gasteiger partial charge in [0.2, 0.25) is 26.2 Å². The lowest BCUT2D eigenvalue weighted by Crippen LogP contribution is -2.62. The molecule has 1 aliphatic heterocycles. The van der Waals surface area contributed by atoms with Crippen molar-refractivity contribution in [3.63, 3.8) is 0 Å². The maximum Gasteiger partial charge on any atom is 0.313 e. The molecular formula is C23H29N9O18. The van der Waals surface area contributed by atoms with Gasteiger partial charge in [-0.05, 0) is 0 Å². The van der Waals surface area contributed by atoms with Gasteiger partial charge in [0.25, 0.3) is 0 Å². The summed E-state index contributed by atoms with van der Waals surface area (Å²) in [5, 5.41) is 52.7. The summed E-state index contributed by atoms with van der Waals surface area (Å²) in [5.74, 6) is -4.63. The van der Waals surface area contributed by atoms with Gasteiger partial charge in [0, 0.05) is 19.7 Å². The van der Waals surface area contributed by atoms with E-state index in [0.717, 1.165) is 0 Å². The number of rotatable bonds is 17. The van der Waals surface area contributed by atoms with Crippen molar-refractivity contribution >= 4 is 40.9 Å². The number of aromatic amines is 1. The van der Waals surface area contributed by atoms with Gasteiger partial charge in [0.05, 0.1) is 6.33 Å². The summed E-state index contributed by atoms with van der Waals surface area (Å²) in [6, 6.07) is 0. The summed E-state index contributed by atoms with van der Waals surface area (Å²) < 4.78 is 25.1. The summed E-state index contributed by atoms with van der Waals surface area (Å²) in [4.78, 5) is 102. The van der Waals surface area contributed by atoms with Crippen LogP contribution >= 0.6 is 0 Å². The fourth-order valence-electron chi connectivity index (χ4n) is 3.82. The van der Waals surface area contributed by atoms with Gasteiger partial charge in [-0.2, -0.15) is 0 Å². The quantitative estimate of drug-likeness (QED) is 0.0662. The molecule has 4 N–H and O–H groups in total. The first-order valence-corrected chi connectivity index (χ1v) is 14.0. The Morgan fingerprint density at radius 2 is 1.20 bits per heavy atom. The SMILES string of the molecule is Nc1ncnc2nc[nH]c12.O=C(CC[N+](=O)[O-])OCC1OC(O)C(OC(=O)CC[N+](=O)[O-])C(OC(=O)CC[N+](=O)[O-])C1OC(=O)CC[N+](=O)[O-]. The van der Waals surface area contributed by atoms with E-state index in [1.165, 1.54) is 12.7 Å². The Morgan fingerprint density at radius 3 is 1.68 bits per heavy atom. The van der Waals surface area contributed by atoms with E-state index in [1.807, 2.05) is 0 Å². The van der Waals surface area contributed by atoms with Gasteiger partial charge in [-0.25, -0.2) is 15.0 Å². The average molecular weight is 720 g/mol. The number of carbonyl (C=O) groups is 4. The molecule has 0 radical (unpaired) electrons. The summed E-state index contributed by atoms with van der Waals surface area (Å²) in [6.45, 7) is -4.46. The molecule has 2 aromatic heterocycles. The molecule has 2 aromatic rings. The first-order chi connectivity index (χ1) is 23.6. The van der Waals surface area contributed by atoms with Gasteiger partial charge in [-0.15, -0.1) is 0 Å². The minimum Gasteiger partial charge on any atom is -0.463 e. The summed E-state index contributed by atoms with van der Waals surface area (Å²) in [6.07, 6.45) is -10.2. The van der Waals surface area contributed by atoms with Crippen LogP contribution in [0.3, 0.4) is 0 Å². The van der Waals surface area contributed by atoms with Crippen LogP contribution in [-0.2, 0) is 42.9 Å². The highest BCUT2D eigenvalue weighted by atomic mass is 16.7. The smallest absolute Gasteiger partial charge is 0.313 e. The molecule has 0 bridgehead atoms. The van der Waals surface area contributed by atoms with Gasteiger partial charge >= 0.3 is 23.9 Å². The van der Waals surface area contributed by atoms with Crippen LogP contribution in [0.2, 0.25) is 0 Å². The van der Waals surface area contributed by atoms with Crippen molar-refractivity contribution in [2.24, 2.45) is 0 Å².